The summed E-state index contributed by atoms with van der Waals surface area (Å²) in [7, 11) is 0. The van der Waals surface area contributed by atoms with Crippen LogP contribution in [0.15, 0.2) is 0 Å². The maximum absolute atomic E-state index is 12.4. The third-order valence-corrected chi connectivity index (χ3v) is 9.42. The second-order valence-corrected chi connectivity index (χ2v) is 10.4. The van der Waals surface area contributed by atoms with Crippen LogP contribution in [-0.2, 0) is 9.59 Å². The summed E-state index contributed by atoms with van der Waals surface area (Å²) in [5.41, 5.74) is 0.578. The van der Waals surface area contributed by atoms with Gasteiger partial charge in [-0.1, -0.05) is 40.0 Å². The second kappa shape index (κ2) is 8.25. The number of aliphatic carboxylic acids is 1. The van der Waals surface area contributed by atoms with Gasteiger partial charge in [-0.05, 0) is 85.9 Å². The average molecular weight is 377 g/mol. The van der Waals surface area contributed by atoms with Crippen molar-refractivity contribution in [3.05, 3.63) is 0 Å². The van der Waals surface area contributed by atoms with Crippen molar-refractivity contribution in [3.63, 3.8) is 0 Å². The van der Waals surface area contributed by atoms with Crippen molar-refractivity contribution in [1.82, 2.24) is 0 Å². The van der Waals surface area contributed by atoms with Gasteiger partial charge >= 0.3 is 5.97 Å². The highest BCUT2D eigenvalue weighted by atomic mass is 16.4. The van der Waals surface area contributed by atoms with Crippen molar-refractivity contribution in [2.75, 3.05) is 0 Å². The zero-order valence-corrected chi connectivity index (χ0v) is 17.7. The maximum Gasteiger partial charge on any atom is 0.303 e. The van der Waals surface area contributed by atoms with Crippen LogP contribution in [0.3, 0.4) is 0 Å². The molecule has 0 saturated heterocycles. The monoisotopic (exact) mass is 376 g/mol. The molecule has 3 rings (SSSR count). The number of carboxylic acid groups (broad SMARTS) is 1. The third-order valence-electron chi connectivity index (χ3n) is 9.42. The molecule has 0 radical (unpaired) electrons. The highest BCUT2D eigenvalue weighted by molar-refractivity contribution is 5.66. The van der Waals surface area contributed by atoms with E-state index in [-0.39, 0.29) is 17.8 Å². The number of carboxylic acids is 1. The Labute approximate surface area is 165 Å². The molecule has 27 heavy (non-hydrogen) atoms. The van der Waals surface area contributed by atoms with E-state index in [1.807, 2.05) is 0 Å². The topological polar surface area (TPSA) is 54.4 Å². The largest absolute Gasteiger partial charge is 0.481 e. The first-order valence-corrected chi connectivity index (χ1v) is 11.5. The summed E-state index contributed by atoms with van der Waals surface area (Å²) in [6.45, 7) is 7.26. The fraction of sp³-hybridized carbons (Fsp3) is 0.917. The lowest BCUT2D eigenvalue weighted by Crippen LogP contribution is -2.50. The Morgan fingerprint density at radius 1 is 1.00 bits per heavy atom. The van der Waals surface area contributed by atoms with E-state index in [9.17, 15) is 9.59 Å². The number of rotatable bonds is 7. The van der Waals surface area contributed by atoms with Gasteiger partial charge in [-0.2, -0.15) is 0 Å². The first-order valence-electron chi connectivity index (χ1n) is 11.5. The normalized spacial score (nSPS) is 44.6. The predicted octanol–water partition coefficient (Wildman–Crippen LogP) is 6.11. The van der Waals surface area contributed by atoms with Crippen molar-refractivity contribution >= 4 is 12.3 Å². The van der Waals surface area contributed by atoms with E-state index in [4.69, 9.17) is 5.11 Å². The molecule has 3 fully saturated rings. The molecule has 0 aromatic rings. The van der Waals surface area contributed by atoms with Gasteiger partial charge in [0, 0.05) is 12.3 Å². The van der Waals surface area contributed by atoms with Crippen LogP contribution in [0, 0.1) is 40.4 Å². The summed E-state index contributed by atoms with van der Waals surface area (Å²) in [6.07, 6.45) is 14.8. The highest BCUT2D eigenvalue weighted by Crippen LogP contribution is 2.64. The molecule has 0 spiro atoms. The maximum atomic E-state index is 12.4. The SMILES string of the molecule is CCC1CCCCC1(C)C1CCC2(C)C(CCCC(=O)O)CCC2C1C=O. The number of aldehydes is 1. The molecule has 3 nitrogen and oxygen atoms in total. The third kappa shape index (κ3) is 3.72. The van der Waals surface area contributed by atoms with E-state index in [1.54, 1.807) is 0 Å². The molecule has 7 atom stereocenters. The lowest BCUT2D eigenvalue weighted by Gasteiger charge is -2.55. The predicted molar refractivity (Wildman–Crippen MR) is 108 cm³/mol. The lowest BCUT2D eigenvalue weighted by molar-refractivity contribution is -0.137. The summed E-state index contributed by atoms with van der Waals surface area (Å²) in [5.74, 6) is 1.98. The quantitative estimate of drug-likeness (QED) is 0.546. The van der Waals surface area contributed by atoms with Gasteiger partial charge in [0.25, 0.3) is 0 Å². The van der Waals surface area contributed by atoms with Gasteiger partial charge in [-0.3, -0.25) is 4.79 Å². The zero-order chi connectivity index (χ0) is 19.7. The first kappa shape index (κ1) is 20.9. The molecular weight excluding hydrogens is 336 g/mol. The molecule has 3 saturated carbocycles. The van der Waals surface area contributed by atoms with Crippen LogP contribution in [0.4, 0.5) is 0 Å². The molecule has 0 aliphatic heterocycles. The van der Waals surface area contributed by atoms with Crippen molar-refractivity contribution < 1.29 is 14.7 Å². The van der Waals surface area contributed by atoms with Gasteiger partial charge in [-0.15, -0.1) is 0 Å². The van der Waals surface area contributed by atoms with Gasteiger partial charge in [-0.25, -0.2) is 0 Å². The Balaban J connectivity index is 1.76. The van der Waals surface area contributed by atoms with Crippen LogP contribution >= 0.6 is 0 Å². The smallest absolute Gasteiger partial charge is 0.303 e. The van der Waals surface area contributed by atoms with Crippen molar-refractivity contribution in [3.8, 4) is 0 Å². The summed E-state index contributed by atoms with van der Waals surface area (Å²) in [6, 6.07) is 0. The van der Waals surface area contributed by atoms with E-state index >= 15 is 0 Å². The molecule has 3 aliphatic carbocycles. The number of carbonyl (C=O) groups is 2. The Kier molecular flexibility index (Phi) is 6.37. The molecule has 7 unspecified atom stereocenters. The summed E-state index contributed by atoms with van der Waals surface area (Å²) < 4.78 is 0. The molecule has 1 N–H and O–H groups in total. The minimum atomic E-state index is -0.681. The van der Waals surface area contributed by atoms with Crippen molar-refractivity contribution in [2.45, 2.75) is 97.8 Å². The van der Waals surface area contributed by atoms with Crippen molar-refractivity contribution in [1.29, 1.82) is 0 Å². The van der Waals surface area contributed by atoms with E-state index in [2.05, 4.69) is 20.8 Å². The molecule has 0 heterocycles. The van der Waals surface area contributed by atoms with Gasteiger partial charge in [0.2, 0.25) is 0 Å². The van der Waals surface area contributed by atoms with Gasteiger partial charge < -0.3 is 9.90 Å². The lowest BCUT2D eigenvalue weighted by atomic mass is 9.49. The molecule has 0 aromatic carbocycles. The fourth-order valence-corrected chi connectivity index (χ4v) is 7.83. The number of carbonyl (C=O) groups excluding carboxylic acids is 1. The van der Waals surface area contributed by atoms with Crippen LogP contribution in [0.2, 0.25) is 0 Å². The molecule has 3 heteroatoms. The average Bonchev–Trinajstić information content (AvgIpc) is 2.97. The van der Waals surface area contributed by atoms with Gasteiger partial charge in [0.15, 0.2) is 0 Å². The van der Waals surface area contributed by atoms with Crippen LogP contribution in [0.1, 0.15) is 97.8 Å². The second-order valence-electron chi connectivity index (χ2n) is 10.4. The van der Waals surface area contributed by atoms with E-state index < -0.39 is 5.97 Å². The molecular formula is C24H40O3. The zero-order valence-electron chi connectivity index (χ0n) is 17.7. The Bertz CT molecular complexity index is 544. The fourth-order valence-electron chi connectivity index (χ4n) is 7.83. The van der Waals surface area contributed by atoms with Crippen LogP contribution in [0.5, 0.6) is 0 Å². The standard InChI is InChI=1S/C24H40O3/c1-4-17-8-5-6-14-23(17,2)21-13-15-24(3)18(9-7-10-22(26)27)11-12-20(24)19(21)16-25/h16-21H,4-15H2,1-3H3,(H,26,27). The van der Waals surface area contributed by atoms with Crippen LogP contribution in [0.25, 0.3) is 0 Å². The Hall–Kier alpha value is -0.860. The minimum Gasteiger partial charge on any atom is -0.481 e. The Morgan fingerprint density at radius 3 is 2.37 bits per heavy atom. The van der Waals surface area contributed by atoms with E-state index in [0.717, 1.165) is 18.8 Å². The van der Waals surface area contributed by atoms with Gasteiger partial charge in [0.1, 0.15) is 6.29 Å². The summed E-state index contributed by atoms with van der Waals surface area (Å²) >= 11 is 0. The van der Waals surface area contributed by atoms with Gasteiger partial charge in [0.05, 0.1) is 0 Å². The minimum absolute atomic E-state index is 0.213. The molecule has 0 amide bonds. The van der Waals surface area contributed by atoms with Crippen molar-refractivity contribution in [2.24, 2.45) is 40.4 Å². The molecule has 154 valence electrons. The van der Waals surface area contributed by atoms with E-state index in [0.29, 0.717) is 23.2 Å². The molecule has 0 bridgehead atoms. The van der Waals surface area contributed by atoms with Crippen LogP contribution < -0.4 is 0 Å². The number of fused-ring (bicyclic) bond motifs is 1. The van der Waals surface area contributed by atoms with Crippen LogP contribution in [-0.4, -0.2) is 17.4 Å². The number of hydrogen-bond acceptors (Lipinski definition) is 2. The molecule has 3 aliphatic rings. The van der Waals surface area contributed by atoms with E-state index in [1.165, 1.54) is 64.1 Å². The summed E-state index contributed by atoms with van der Waals surface area (Å²) in [5, 5.41) is 8.97. The number of hydrogen-bond donors (Lipinski definition) is 1. The Morgan fingerprint density at radius 2 is 1.70 bits per heavy atom. The summed E-state index contributed by atoms with van der Waals surface area (Å²) in [4.78, 5) is 23.3. The first-order chi connectivity index (χ1) is 12.9. The highest BCUT2D eigenvalue weighted by Gasteiger charge is 2.57. The molecule has 0 aromatic heterocycles.